The molecule has 0 unspecified atom stereocenters. The van der Waals surface area contributed by atoms with E-state index in [4.69, 9.17) is 4.74 Å². The van der Waals surface area contributed by atoms with Crippen LogP contribution in [0.1, 0.15) is 16.7 Å². The molecule has 0 bridgehead atoms. The standard InChI is InChI=1S/C22H22N2O2/c1-17-7-5-6-10-19(17)15-23-22(25)24-20-11-13-21(14-12-20)26-16-18-8-3-2-4-9-18/h2-14H,15-16H2,1H3,(H2,23,24,25). The summed E-state index contributed by atoms with van der Waals surface area (Å²) < 4.78 is 5.74. The van der Waals surface area contributed by atoms with E-state index in [9.17, 15) is 4.79 Å². The monoisotopic (exact) mass is 346 g/mol. The number of urea groups is 1. The fourth-order valence-electron chi connectivity index (χ4n) is 2.53. The number of aryl methyl sites for hydroxylation is 1. The van der Waals surface area contributed by atoms with Crippen LogP contribution >= 0.6 is 0 Å². The van der Waals surface area contributed by atoms with Crippen molar-refractivity contribution < 1.29 is 9.53 Å². The van der Waals surface area contributed by atoms with Gasteiger partial charge in [-0.05, 0) is 47.9 Å². The molecule has 3 aromatic rings. The van der Waals surface area contributed by atoms with Crippen LogP contribution in [-0.4, -0.2) is 6.03 Å². The van der Waals surface area contributed by atoms with Crippen molar-refractivity contribution in [2.24, 2.45) is 0 Å². The molecule has 0 aliphatic rings. The Morgan fingerprint density at radius 3 is 2.31 bits per heavy atom. The summed E-state index contributed by atoms with van der Waals surface area (Å²) in [7, 11) is 0. The topological polar surface area (TPSA) is 50.4 Å². The Morgan fingerprint density at radius 1 is 0.885 bits per heavy atom. The second-order valence-corrected chi connectivity index (χ2v) is 6.03. The van der Waals surface area contributed by atoms with Crippen molar-refractivity contribution in [2.75, 3.05) is 5.32 Å². The van der Waals surface area contributed by atoms with Crippen molar-refractivity contribution in [1.29, 1.82) is 0 Å². The number of hydrogen-bond donors (Lipinski definition) is 2. The lowest BCUT2D eigenvalue weighted by Crippen LogP contribution is -2.28. The van der Waals surface area contributed by atoms with Crippen molar-refractivity contribution in [1.82, 2.24) is 5.32 Å². The van der Waals surface area contributed by atoms with Gasteiger partial charge in [0.05, 0.1) is 0 Å². The first-order chi connectivity index (χ1) is 12.7. The molecule has 3 aromatic carbocycles. The summed E-state index contributed by atoms with van der Waals surface area (Å²) in [6.07, 6.45) is 0. The maximum Gasteiger partial charge on any atom is 0.319 e. The summed E-state index contributed by atoms with van der Waals surface area (Å²) in [6.45, 7) is 3.05. The van der Waals surface area contributed by atoms with Crippen LogP contribution in [0.25, 0.3) is 0 Å². The quantitative estimate of drug-likeness (QED) is 0.667. The molecule has 0 radical (unpaired) electrons. The number of carbonyl (C=O) groups excluding carboxylic acids is 1. The zero-order valence-electron chi connectivity index (χ0n) is 14.7. The molecule has 0 saturated carbocycles. The predicted octanol–water partition coefficient (Wildman–Crippen LogP) is 4.90. The van der Waals surface area contributed by atoms with Gasteiger partial charge in [0.1, 0.15) is 12.4 Å². The van der Waals surface area contributed by atoms with Crippen molar-refractivity contribution in [3.63, 3.8) is 0 Å². The summed E-state index contributed by atoms with van der Waals surface area (Å²) in [4.78, 5) is 12.0. The first kappa shape index (κ1) is 17.5. The summed E-state index contributed by atoms with van der Waals surface area (Å²) >= 11 is 0. The van der Waals surface area contributed by atoms with E-state index in [1.54, 1.807) is 0 Å². The molecule has 4 nitrogen and oxygen atoms in total. The third kappa shape index (κ3) is 5.11. The van der Waals surface area contributed by atoms with Gasteiger partial charge >= 0.3 is 6.03 Å². The van der Waals surface area contributed by atoms with Gasteiger partial charge in [-0.1, -0.05) is 54.6 Å². The number of ether oxygens (including phenoxy) is 1. The number of hydrogen-bond acceptors (Lipinski definition) is 2. The summed E-state index contributed by atoms with van der Waals surface area (Å²) in [5.74, 6) is 0.764. The molecule has 0 atom stereocenters. The molecule has 2 amide bonds. The number of anilines is 1. The van der Waals surface area contributed by atoms with Crippen molar-refractivity contribution in [2.45, 2.75) is 20.1 Å². The lowest BCUT2D eigenvalue weighted by atomic mass is 10.1. The van der Waals surface area contributed by atoms with E-state index in [0.29, 0.717) is 13.2 Å². The number of amides is 2. The maximum atomic E-state index is 12.0. The van der Waals surface area contributed by atoms with Gasteiger partial charge in [-0.3, -0.25) is 0 Å². The van der Waals surface area contributed by atoms with Crippen LogP contribution < -0.4 is 15.4 Å². The maximum absolute atomic E-state index is 12.0. The normalized spacial score (nSPS) is 10.2. The average Bonchev–Trinajstić information content (AvgIpc) is 2.68. The van der Waals surface area contributed by atoms with E-state index in [1.807, 2.05) is 85.8 Å². The molecule has 0 saturated heterocycles. The highest BCUT2D eigenvalue weighted by atomic mass is 16.5. The molecule has 0 aliphatic carbocycles. The SMILES string of the molecule is Cc1ccccc1CNC(=O)Nc1ccc(OCc2ccccc2)cc1. The molecule has 0 aliphatic heterocycles. The van der Waals surface area contributed by atoms with Crippen LogP contribution in [0.5, 0.6) is 5.75 Å². The smallest absolute Gasteiger partial charge is 0.319 e. The molecular formula is C22H22N2O2. The Kier molecular flexibility index (Phi) is 5.88. The highest BCUT2D eigenvalue weighted by Gasteiger charge is 2.04. The first-order valence-corrected chi connectivity index (χ1v) is 8.57. The second-order valence-electron chi connectivity index (χ2n) is 6.03. The zero-order chi connectivity index (χ0) is 18.2. The lowest BCUT2D eigenvalue weighted by Gasteiger charge is -2.10. The van der Waals surface area contributed by atoms with Gasteiger partial charge in [-0.2, -0.15) is 0 Å². The van der Waals surface area contributed by atoms with E-state index >= 15 is 0 Å². The number of carbonyl (C=O) groups is 1. The molecule has 0 fully saturated rings. The molecule has 26 heavy (non-hydrogen) atoms. The lowest BCUT2D eigenvalue weighted by molar-refractivity contribution is 0.251. The summed E-state index contributed by atoms with van der Waals surface area (Å²) in [6, 6.07) is 25.1. The van der Waals surface area contributed by atoms with E-state index < -0.39 is 0 Å². The minimum atomic E-state index is -0.230. The molecule has 3 rings (SSSR count). The van der Waals surface area contributed by atoms with Crippen molar-refractivity contribution in [3.8, 4) is 5.75 Å². The van der Waals surface area contributed by atoms with Gasteiger partial charge in [0.2, 0.25) is 0 Å². The largest absolute Gasteiger partial charge is 0.489 e. The third-order valence-electron chi connectivity index (χ3n) is 4.06. The summed E-state index contributed by atoms with van der Waals surface area (Å²) in [5.41, 5.74) is 4.10. The number of nitrogens with one attached hydrogen (secondary N) is 2. The highest BCUT2D eigenvalue weighted by Crippen LogP contribution is 2.17. The molecule has 0 aromatic heterocycles. The first-order valence-electron chi connectivity index (χ1n) is 8.57. The van der Waals surface area contributed by atoms with Crippen LogP contribution in [0, 0.1) is 6.92 Å². The Balaban J connectivity index is 1.47. The Labute approximate surface area is 153 Å². The Bertz CT molecular complexity index is 846. The van der Waals surface area contributed by atoms with E-state index in [-0.39, 0.29) is 6.03 Å². The second kappa shape index (κ2) is 8.72. The molecular weight excluding hydrogens is 324 g/mol. The van der Waals surface area contributed by atoms with Crippen LogP contribution in [0.4, 0.5) is 10.5 Å². The van der Waals surface area contributed by atoms with Crippen LogP contribution in [0.15, 0.2) is 78.9 Å². The average molecular weight is 346 g/mol. The van der Waals surface area contributed by atoms with Gasteiger partial charge in [0.25, 0.3) is 0 Å². The predicted molar refractivity (Wildman–Crippen MR) is 104 cm³/mol. The van der Waals surface area contributed by atoms with E-state index in [0.717, 1.165) is 28.1 Å². The zero-order valence-corrected chi connectivity index (χ0v) is 14.7. The Morgan fingerprint density at radius 2 is 1.58 bits per heavy atom. The van der Waals surface area contributed by atoms with Crippen LogP contribution in [0.3, 0.4) is 0 Å². The van der Waals surface area contributed by atoms with Crippen molar-refractivity contribution in [3.05, 3.63) is 95.6 Å². The molecule has 0 heterocycles. The number of rotatable bonds is 6. The van der Waals surface area contributed by atoms with E-state index in [1.165, 1.54) is 0 Å². The third-order valence-corrected chi connectivity index (χ3v) is 4.06. The Hall–Kier alpha value is -3.27. The van der Waals surface area contributed by atoms with Gasteiger partial charge in [-0.25, -0.2) is 4.79 Å². The molecule has 132 valence electrons. The van der Waals surface area contributed by atoms with Gasteiger partial charge in [-0.15, -0.1) is 0 Å². The van der Waals surface area contributed by atoms with Crippen LogP contribution in [0.2, 0.25) is 0 Å². The fraction of sp³-hybridized carbons (Fsp3) is 0.136. The highest BCUT2D eigenvalue weighted by molar-refractivity contribution is 5.89. The van der Waals surface area contributed by atoms with E-state index in [2.05, 4.69) is 10.6 Å². The fourth-order valence-corrected chi connectivity index (χ4v) is 2.53. The molecule has 4 heteroatoms. The minimum absolute atomic E-state index is 0.230. The van der Waals surface area contributed by atoms with Gasteiger partial charge in [0.15, 0.2) is 0 Å². The van der Waals surface area contributed by atoms with Gasteiger partial charge < -0.3 is 15.4 Å². The number of benzene rings is 3. The summed E-state index contributed by atoms with van der Waals surface area (Å²) in [5, 5.41) is 5.70. The van der Waals surface area contributed by atoms with Gasteiger partial charge in [0, 0.05) is 12.2 Å². The molecule has 0 spiro atoms. The minimum Gasteiger partial charge on any atom is -0.489 e. The molecule has 2 N–H and O–H groups in total. The van der Waals surface area contributed by atoms with Crippen molar-refractivity contribution >= 4 is 11.7 Å². The van der Waals surface area contributed by atoms with Crippen LogP contribution in [-0.2, 0) is 13.2 Å².